The van der Waals surface area contributed by atoms with Crippen LogP contribution in [0.15, 0.2) is 24.3 Å². The van der Waals surface area contributed by atoms with Crippen LogP contribution >= 0.6 is 0 Å². The van der Waals surface area contributed by atoms with Crippen molar-refractivity contribution in [2.24, 2.45) is 11.7 Å². The highest BCUT2D eigenvalue weighted by Gasteiger charge is 2.34. The molecule has 2 nitrogen and oxygen atoms in total. The van der Waals surface area contributed by atoms with Gasteiger partial charge in [-0.1, -0.05) is 19.1 Å². The van der Waals surface area contributed by atoms with Gasteiger partial charge in [0.15, 0.2) is 0 Å². The number of halogens is 1. The lowest BCUT2D eigenvalue weighted by Gasteiger charge is -2.45. The van der Waals surface area contributed by atoms with Crippen LogP contribution in [0.5, 0.6) is 0 Å². The van der Waals surface area contributed by atoms with Gasteiger partial charge in [-0.3, -0.25) is 4.90 Å². The lowest BCUT2D eigenvalue weighted by molar-refractivity contribution is 0.0625. The van der Waals surface area contributed by atoms with Gasteiger partial charge in [0.05, 0.1) is 0 Å². The second-order valence-corrected chi connectivity index (χ2v) is 7.03. The van der Waals surface area contributed by atoms with Crippen molar-refractivity contribution < 1.29 is 4.39 Å². The summed E-state index contributed by atoms with van der Waals surface area (Å²) < 4.78 is 13.1. The first-order chi connectivity index (χ1) is 9.94. The van der Waals surface area contributed by atoms with Gasteiger partial charge in [-0.05, 0) is 69.7 Å². The van der Waals surface area contributed by atoms with Crippen molar-refractivity contribution >= 4 is 0 Å². The van der Waals surface area contributed by atoms with E-state index in [-0.39, 0.29) is 11.4 Å². The van der Waals surface area contributed by atoms with Gasteiger partial charge < -0.3 is 5.73 Å². The summed E-state index contributed by atoms with van der Waals surface area (Å²) in [4.78, 5) is 2.47. The highest BCUT2D eigenvalue weighted by atomic mass is 19.1. The van der Waals surface area contributed by atoms with Gasteiger partial charge in [-0.15, -0.1) is 0 Å². The topological polar surface area (TPSA) is 29.3 Å². The van der Waals surface area contributed by atoms with Crippen molar-refractivity contribution in [3.05, 3.63) is 35.6 Å². The second kappa shape index (κ2) is 6.89. The summed E-state index contributed by atoms with van der Waals surface area (Å²) in [6.45, 7) is 5.19. The SMILES string of the molecule is CC1CCC(N(C)C(C)(CN)Cc2ccc(F)cc2)CC1. The average Bonchev–Trinajstić information content (AvgIpc) is 2.49. The van der Waals surface area contributed by atoms with E-state index in [9.17, 15) is 4.39 Å². The van der Waals surface area contributed by atoms with E-state index in [1.54, 1.807) is 0 Å². The molecule has 1 aliphatic rings. The van der Waals surface area contributed by atoms with E-state index in [1.807, 2.05) is 12.1 Å². The van der Waals surface area contributed by atoms with E-state index in [1.165, 1.54) is 37.8 Å². The molecule has 0 saturated heterocycles. The normalized spacial score (nSPS) is 25.8. The minimum atomic E-state index is -0.178. The summed E-state index contributed by atoms with van der Waals surface area (Å²) in [7, 11) is 2.21. The Bertz CT molecular complexity index is 437. The standard InChI is InChI=1S/C18H29FN2/c1-14-4-10-17(11-5-14)21(3)18(2,13-20)12-15-6-8-16(19)9-7-15/h6-9,14,17H,4-5,10-13,20H2,1-3H3. The summed E-state index contributed by atoms with van der Waals surface area (Å²) in [6, 6.07) is 7.44. The molecule has 2 rings (SSSR count). The van der Waals surface area contributed by atoms with Crippen LogP contribution in [0, 0.1) is 11.7 Å². The first-order valence-corrected chi connectivity index (χ1v) is 8.12. The average molecular weight is 292 g/mol. The van der Waals surface area contributed by atoms with Crippen molar-refractivity contribution in [1.29, 1.82) is 0 Å². The molecule has 1 saturated carbocycles. The molecule has 1 aromatic rings. The van der Waals surface area contributed by atoms with E-state index in [4.69, 9.17) is 5.73 Å². The minimum Gasteiger partial charge on any atom is -0.329 e. The van der Waals surface area contributed by atoms with E-state index < -0.39 is 0 Å². The molecule has 1 atom stereocenters. The van der Waals surface area contributed by atoms with Crippen molar-refractivity contribution in [3.63, 3.8) is 0 Å². The van der Waals surface area contributed by atoms with Gasteiger partial charge in [-0.25, -0.2) is 4.39 Å². The Morgan fingerprint density at radius 3 is 2.29 bits per heavy atom. The summed E-state index contributed by atoms with van der Waals surface area (Å²) in [5.74, 6) is 0.679. The number of likely N-dealkylation sites (N-methyl/N-ethyl adjacent to an activating group) is 1. The molecule has 0 spiro atoms. The molecule has 118 valence electrons. The zero-order valence-corrected chi connectivity index (χ0v) is 13.6. The third kappa shape index (κ3) is 4.04. The molecule has 1 fully saturated rings. The van der Waals surface area contributed by atoms with Crippen LogP contribution in [0.25, 0.3) is 0 Å². The zero-order chi connectivity index (χ0) is 15.5. The van der Waals surface area contributed by atoms with E-state index in [2.05, 4.69) is 25.8 Å². The van der Waals surface area contributed by atoms with Crippen LogP contribution in [0.3, 0.4) is 0 Å². The number of hydrogen-bond donors (Lipinski definition) is 1. The quantitative estimate of drug-likeness (QED) is 0.898. The van der Waals surface area contributed by atoms with Crippen LogP contribution in [-0.2, 0) is 6.42 Å². The Labute approximate surface area is 128 Å². The maximum atomic E-state index is 13.1. The highest BCUT2D eigenvalue weighted by molar-refractivity contribution is 5.19. The Morgan fingerprint density at radius 2 is 1.76 bits per heavy atom. The zero-order valence-electron chi connectivity index (χ0n) is 13.6. The van der Waals surface area contributed by atoms with E-state index >= 15 is 0 Å². The summed E-state index contributed by atoms with van der Waals surface area (Å²) in [5, 5.41) is 0. The summed E-state index contributed by atoms with van der Waals surface area (Å²) in [5.41, 5.74) is 7.19. The first-order valence-electron chi connectivity index (χ1n) is 8.12. The second-order valence-electron chi connectivity index (χ2n) is 7.03. The van der Waals surface area contributed by atoms with Crippen LogP contribution in [0.2, 0.25) is 0 Å². The maximum Gasteiger partial charge on any atom is 0.123 e. The van der Waals surface area contributed by atoms with Crippen molar-refractivity contribution in [2.45, 2.75) is 57.5 Å². The molecule has 0 radical (unpaired) electrons. The van der Waals surface area contributed by atoms with Gasteiger partial charge in [0.1, 0.15) is 5.82 Å². The maximum absolute atomic E-state index is 13.1. The van der Waals surface area contributed by atoms with Gasteiger partial charge in [0.25, 0.3) is 0 Å². The van der Waals surface area contributed by atoms with Gasteiger partial charge in [-0.2, -0.15) is 0 Å². The van der Waals surface area contributed by atoms with E-state index in [0.717, 1.165) is 17.9 Å². The molecule has 0 aromatic heterocycles. The van der Waals surface area contributed by atoms with Gasteiger partial charge in [0, 0.05) is 18.1 Å². The fourth-order valence-corrected chi connectivity index (χ4v) is 3.45. The van der Waals surface area contributed by atoms with Crippen LogP contribution in [-0.4, -0.2) is 30.1 Å². The van der Waals surface area contributed by atoms with Crippen molar-refractivity contribution in [1.82, 2.24) is 4.90 Å². The lowest BCUT2D eigenvalue weighted by atomic mass is 9.83. The summed E-state index contributed by atoms with van der Waals surface area (Å²) in [6.07, 6.45) is 6.01. The number of benzene rings is 1. The molecule has 0 amide bonds. The smallest absolute Gasteiger partial charge is 0.123 e. The Balaban J connectivity index is 2.06. The lowest BCUT2D eigenvalue weighted by Crippen LogP contribution is -2.56. The number of nitrogens with zero attached hydrogens (tertiary/aromatic N) is 1. The highest BCUT2D eigenvalue weighted by Crippen LogP contribution is 2.31. The van der Waals surface area contributed by atoms with Gasteiger partial charge in [0.2, 0.25) is 0 Å². The molecular formula is C18H29FN2. The predicted molar refractivity (Wildman–Crippen MR) is 86.7 cm³/mol. The fourth-order valence-electron chi connectivity index (χ4n) is 3.45. The first kappa shape index (κ1) is 16.4. The Morgan fingerprint density at radius 1 is 1.19 bits per heavy atom. The van der Waals surface area contributed by atoms with Crippen molar-refractivity contribution in [2.75, 3.05) is 13.6 Å². The molecule has 21 heavy (non-hydrogen) atoms. The number of hydrogen-bond acceptors (Lipinski definition) is 2. The molecule has 0 heterocycles. The van der Waals surface area contributed by atoms with E-state index in [0.29, 0.717) is 12.6 Å². The Hall–Kier alpha value is -0.930. The fraction of sp³-hybridized carbons (Fsp3) is 0.667. The minimum absolute atomic E-state index is 0.0664. The molecule has 0 bridgehead atoms. The Kier molecular flexibility index (Phi) is 5.39. The molecule has 1 unspecified atom stereocenters. The summed E-state index contributed by atoms with van der Waals surface area (Å²) >= 11 is 0. The van der Waals surface area contributed by atoms with Crippen molar-refractivity contribution in [3.8, 4) is 0 Å². The molecule has 1 aliphatic carbocycles. The molecule has 3 heteroatoms. The number of rotatable bonds is 5. The monoisotopic (exact) mass is 292 g/mol. The van der Waals surface area contributed by atoms with Crippen LogP contribution in [0.4, 0.5) is 4.39 Å². The molecule has 1 aromatic carbocycles. The van der Waals surface area contributed by atoms with Crippen LogP contribution in [0.1, 0.15) is 45.1 Å². The molecule has 2 N–H and O–H groups in total. The van der Waals surface area contributed by atoms with Crippen LogP contribution < -0.4 is 5.73 Å². The predicted octanol–water partition coefficient (Wildman–Crippen LogP) is 3.60. The third-order valence-electron chi connectivity index (χ3n) is 5.32. The number of nitrogens with two attached hydrogens (primary N) is 1. The van der Waals surface area contributed by atoms with Gasteiger partial charge >= 0.3 is 0 Å². The largest absolute Gasteiger partial charge is 0.329 e. The third-order valence-corrected chi connectivity index (χ3v) is 5.32. The molecular weight excluding hydrogens is 263 g/mol. The molecule has 0 aliphatic heterocycles.